The van der Waals surface area contributed by atoms with Crippen molar-refractivity contribution in [1.82, 2.24) is 0 Å². The number of rotatable bonds is 8. The van der Waals surface area contributed by atoms with Gasteiger partial charge in [-0.2, -0.15) is 0 Å². The van der Waals surface area contributed by atoms with Crippen molar-refractivity contribution in [3.63, 3.8) is 0 Å². The molecule has 0 bridgehead atoms. The van der Waals surface area contributed by atoms with E-state index in [9.17, 15) is 4.79 Å². The Balaban J connectivity index is 1.91. The lowest BCUT2D eigenvalue weighted by Gasteiger charge is -2.13. The smallest absolute Gasteiger partial charge is 0.151 e. The molecule has 1 unspecified atom stereocenters. The fourth-order valence-corrected chi connectivity index (χ4v) is 2.04. The van der Waals surface area contributed by atoms with Crippen molar-refractivity contribution < 1.29 is 14.3 Å². The maximum atomic E-state index is 11.3. The van der Waals surface area contributed by atoms with Crippen molar-refractivity contribution in [2.24, 2.45) is 0 Å². The molecule has 0 amide bonds. The standard InChI is InChI=1S/C19H19Cl2NO3/c1-13(14(2)23)22-15-3-5-17(6-4-15)25-18-9-7-16(8-10-18)24-12-11-19(20)21/h3-11,13,22H,12H2,1-2H3. The Hall–Kier alpha value is -2.17. The highest BCUT2D eigenvalue weighted by atomic mass is 35.5. The molecule has 0 aliphatic rings. The summed E-state index contributed by atoms with van der Waals surface area (Å²) in [6.07, 6.45) is 1.57. The van der Waals surface area contributed by atoms with Crippen molar-refractivity contribution >= 4 is 34.7 Å². The summed E-state index contributed by atoms with van der Waals surface area (Å²) in [5, 5.41) is 3.12. The topological polar surface area (TPSA) is 47.6 Å². The predicted octanol–water partition coefficient (Wildman–Crippen LogP) is 5.57. The number of anilines is 1. The van der Waals surface area contributed by atoms with Gasteiger partial charge in [-0.15, -0.1) is 0 Å². The van der Waals surface area contributed by atoms with Gasteiger partial charge in [-0.1, -0.05) is 23.2 Å². The monoisotopic (exact) mass is 379 g/mol. The Morgan fingerprint density at radius 1 is 1.04 bits per heavy atom. The summed E-state index contributed by atoms with van der Waals surface area (Å²) in [5.74, 6) is 2.17. The van der Waals surface area contributed by atoms with Gasteiger partial charge in [0, 0.05) is 5.69 Å². The summed E-state index contributed by atoms with van der Waals surface area (Å²) in [6.45, 7) is 3.69. The van der Waals surface area contributed by atoms with Crippen molar-refractivity contribution in [1.29, 1.82) is 0 Å². The molecule has 0 saturated carbocycles. The van der Waals surface area contributed by atoms with E-state index in [4.69, 9.17) is 32.7 Å². The summed E-state index contributed by atoms with van der Waals surface area (Å²) < 4.78 is 11.4. The van der Waals surface area contributed by atoms with Crippen molar-refractivity contribution in [3.8, 4) is 17.2 Å². The van der Waals surface area contributed by atoms with Gasteiger partial charge in [0.05, 0.1) is 6.04 Å². The first-order valence-corrected chi connectivity index (χ1v) is 8.48. The number of halogens is 2. The number of benzene rings is 2. The van der Waals surface area contributed by atoms with Gasteiger partial charge in [0.1, 0.15) is 28.3 Å². The Bertz CT molecular complexity index is 723. The molecule has 132 valence electrons. The van der Waals surface area contributed by atoms with Crippen LogP contribution in [0.4, 0.5) is 5.69 Å². The third kappa shape index (κ3) is 6.69. The van der Waals surface area contributed by atoms with Crippen LogP contribution in [0.2, 0.25) is 0 Å². The minimum absolute atomic E-state index is 0.0893. The van der Waals surface area contributed by atoms with E-state index in [0.29, 0.717) is 23.9 Å². The van der Waals surface area contributed by atoms with E-state index >= 15 is 0 Å². The summed E-state index contributed by atoms with van der Waals surface area (Å²) >= 11 is 11.0. The molecule has 0 saturated heterocycles. The Morgan fingerprint density at radius 3 is 2.08 bits per heavy atom. The first kappa shape index (κ1) is 19.2. The van der Waals surface area contributed by atoms with Gasteiger partial charge < -0.3 is 14.8 Å². The molecular weight excluding hydrogens is 361 g/mol. The van der Waals surface area contributed by atoms with Crippen molar-refractivity contribution in [2.45, 2.75) is 19.9 Å². The van der Waals surface area contributed by atoms with Gasteiger partial charge in [-0.3, -0.25) is 4.79 Å². The highest BCUT2D eigenvalue weighted by Gasteiger charge is 2.06. The van der Waals surface area contributed by atoms with Crippen LogP contribution in [0.25, 0.3) is 0 Å². The van der Waals surface area contributed by atoms with Crippen LogP contribution in [0.15, 0.2) is 59.1 Å². The summed E-state index contributed by atoms with van der Waals surface area (Å²) in [5.41, 5.74) is 0.866. The molecule has 25 heavy (non-hydrogen) atoms. The Morgan fingerprint density at radius 2 is 1.56 bits per heavy atom. The molecule has 0 aromatic heterocycles. The molecule has 0 spiro atoms. The largest absolute Gasteiger partial charge is 0.489 e. The van der Waals surface area contributed by atoms with Crippen molar-refractivity contribution in [2.75, 3.05) is 11.9 Å². The molecule has 1 N–H and O–H groups in total. The minimum atomic E-state index is -0.220. The Kier molecular flexibility index (Phi) is 7.16. The lowest BCUT2D eigenvalue weighted by molar-refractivity contribution is -0.117. The lowest BCUT2D eigenvalue weighted by atomic mass is 10.2. The molecule has 0 radical (unpaired) electrons. The second kappa shape index (κ2) is 9.35. The number of ether oxygens (including phenoxy) is 2. The van der Waals surface area contributed by atoms with E-state index < -0.39 is 0 Å². The predicted molar refractivity (Wildman–Crippen MR) is 102 cm³/mol. The summed E-state index contributed by atoms with van der Waals surface area (Å²) in [4.78, 5) is 11.3. The fourth-order valence-electron chi connectivity index (χ4n) is 1.91. The molecule has 0 fully saturated rings. The third-order valence-electron chi connectivity index (χ3n) is 3.39. The fraction of sp³-hybridized carbons (Fsp3) is 0.211. The Labute approximate surface area is 157 Å². The number of Topliss-reactive ketones (excluding diaryl/α,β-unsaturated/α-hetero) is 1. The summed E-state index contributed by atoms with van der Waals surface area (Å²) in [7, 11) is 0. The zero-order valence-corrected chi connectivity index (χ0v) is 15.5. The molecule has 4 nitrogen and oxygen atoms in total. The highest BCUT2D eigenvalue weighted by Crippen LogP contribution is 2.25. The van der Waals surface area contributed by atoms with Crippen LogP contribution < -0.4 is 14.8 Å². The highest BCUT2D eigenvalue weighted by molar-refractivity contribution is 6.55. The molecule has 2 aromatic rings. The molecule has 2 aromatic carbocycles. The number of carbonyl (C=O) groups is 1. The molecule has 0 aliphatic heterocycles. The van der Waals surface area contributed by atoms with E-state index in [1.54, 1.807) is 25.1 Å². The number of ketones is 1. The van der Waals surface area contributed by atoms with Crippen LogP contribution in [0.1, 0.15) is 13.8 Å². The maximum Gasteiger partial charge on any atom is 0.151 e. The number of carbonyl (C=O) groups excluding carboxylic acids is 1. The number of hydrogen-bond donors (Lipinski definition) is 1. The second-order valence-electron chi connectivity index (χ2n) is 5.38. The zero-order valence-electron chi connectivity index (χ0n) is 14.0. The zero-order chi connectivity index (χ0) is 18.2. The van der Waals surface area contributed by atoms with E-state index in [1.807, 2.05) is 43.3 Å². The van der Waals surface area contributed by atoms with E-state index in [2.05, 4.69) is 5.32 Å². The first-order valence-electron chi connectivity index (χ1n) is 7.73. The van der Waals surface area contributed by atoms with Gasteiger partial charge in [0.2, 0.25) is 0 Å². The molecule has 6 heteroatoms. The number of hydrogen-bond acceptors (Lipinski definition) is 4. The molecular formula is C19H19Cl2NO3. The van der Waals surface area contributed by atoms with Gasteiger partial charge in [-0.05, 0) is 68.5 Å². The van der Waals surface area contributed by atoms with E-state index in [-0.39, 0.29) is 16.3 Å². The maximum absolute atomic E-state index is 11.3. The number of nitrogens with one attached hydrogen (secondary N) is 1. The van der Waals surface area contributed by atoms with Crippen LogP contribution in [0, 0.1) is 0 Å². The summed E-state index contributed by atoms with van der Waals surface area (Å²) in [6, 6.07) is 14.4. The average Bonchev–Trinajstić information content (AvgIpc) is 2.58. The second-order valence-corrected chi connectivity index (χ2v) is 6.39. The van der Waals surface area contributed by atoms with Gasteiger partial charge in [0.15, 0.2) is 5.78 Å². The average molecular weight is 380 g/mol. The molecule has 1 atom stereocenters. The van der Waals surface area contributed by atoms with Crippen LogP contribution in [0.3, 0.4) is 0 Å². The molecule has 0 heterocycles. The van der Waals surface area contributed by atoms with Crippen LogP contribution in [0.5, 0.6) is 17.2 Å². The van der Waals surface area contributed by atoms with E-state index in [1.165, 1.54) is 0 Å². The normalized spacial score (nSPS) is 11.4. The van der Waals surface area contributed by atoms with Gasteiger partial charge in [-0.25, -0.2) is 0 Å². The van der Waals surface area contributed by atoms with Crippen LogP contribution in [-0.4, -0.2) is 18.4 Å². The first-order chi connectivity index (χ1) is 11.9. The molecule has 2 rings (SSSR count). The van der Waals surface area contributed by atoms with Crippen LogP contribution in [-0.2, 0) is 4.79 Å². The van der Waals surface area contributed by atoms with Crippen LogP contribution >= 0.6 is 23.2 Å². The lowest BCUT2D eigenvalue weighted by Crippen LogP contribution is -2.23. The van der Waals surface area contributed by atoms with Gasteiger partial charge >= 0.3 is 0 Å². The van der Waals surface area contributed by atoms with Gasteiger partial charge in [0.25, 0.3) is 0 Å². The third-order valence-corrected chi connectivity index (χ3v) is 3.70. The molecule has 0 aliphatic carbocycles. The quantitative estimate of drug-likeness (QED) is 0.651. The van der Waals surface area contributed by atoms with E-state index in [0.717, 1.165) is 5.69 Å². The SMILES string of the molecule is CC(=O)C(C)Nc1ccc(Oc2ccc(OCC=C(Cl)Cl)cc2)cc1. The minimum Gasteiger partial charge on any atom is -0.489 e. The van der Waals surface area contributed by atoms with Crippen molar-refractivity contribution in [3.05, 3.63) is 59.1 Å².